The average molecular weight is 414 g/mol. The molecule has 1 fully saturated rings. The van der Waals surface area contributed by atoms with Crippen LogP contribution in [-0.2, 0) is 4.79 Å². The number of nitrogens with zero attached hydrogens (tertiary/aromatic N) is 3. The summed E-state index contributed by atoms with van der Waals surface area (Å²) >= 11 is 0. The number of hydrogen-bond acceptors (Lipinski definition) is 6. The largest absolute Gasteiger partial charge is 0.495 e. The minimum atomic E-state index is -0.694. The highest BCUT2D eigenvalue weighted by atomic mass is 16.5. The summed E-state index contributed by atoms with van der Waals surface area (Å²) in [6.45, 7) is 6.65. The van der Waals surface area contributed by atoms with Crippen molar-refractivity contribution >= 4 is 5.97 Å². The van der Waals surface area contributed by atoms with E-state index >= 15 is 0 Å². The van der Waals surface area contributed by atoms with Crippen LogP contribution >= 0.6 is 0 Å². The third kappa shape index (κ3) is 5.26. The molecular weight excluding hydrogens is 382 g/mol. The van der Waals surface area contributed by atoms with Gasteiger partial charge in [0.25, 0.3) is 0 Å². The van der Waals surface area contributed by atoms with Gasteiger partial charge in [-0.25, -0.2) is 4.98 Å². The Morgan fingerprint density at radius 3 is 2.50 bits per heavy atom. The first-order chi connectivity index (χ1) is 14.4. The molecule has 1 aliphatic carbocycles. The quantitative estimate of drug-likeness (QED) is 0.687. The Hall–Kier alpha value is -2.70. The van der Waals surface area contributed by atoms with Crippen LogP contribution in [0, 0.1) is 18.8 Å². The molecule has 1 N–H and O–H groups in total. The molecule has 7 heteroatoms. The zero-order valence-corrected chi connectivity index (χ0v) is 18.2. The first kappa shape index (κ1) is 22.0. The molecule has 3 rings (SSSR count). The van der Waals surface area contributed by atoms with Gasteiger partial charge in [0.2, 0.25) is 5.88 Å². The van der Waals surface area contributed by atoms with Crippen molar-refractivity contribution in [3.05, 3.63) is 41.6 Å². The summed E-state index contributed by atoms with van der Waals surface area (Å²) in [6.07, 6.45) is 6.60. The SMILES string of the molecule is COc1ccc([C@@H](C)[C@H](C)COc2nc(C)ncc2C2CCC(C(=O)O)CC2)nc1. The van der Waals surface area contributed by atoms with E-state index in [1.807, 2.05) is 25.3 Å². The Labute approximate surface area is 177 Å². The summed E-state index contributed by atoms with van der Waals surface area (Å²) in [7, 11) is 1.63. The van der Waals surface area contributed by atoms with Crippen LogP contribution in [0.15, 0.2) is 24.5 Å². The van der Waals surface area contributed by atoms with Crippen molar-refractivity contribution < 1.29 is 19.4 Å². The van der Waals surface area contributed by atoms with E-state index in [2.05, 4.69) is 28.8 Å². The van der Waals surface area contributed by atoms with Gasteiger partial charge in [0, 0.05) is 23.4 Å². The fraction of sp³-hybridized carbons (Fsp3) is 0.565. The smallest absolute Gasteiger partial charge is 0.306 e. The average Bonchev–Trinajstić information content (AvgIpc) is 2.77. The van der Waals surface area contributed by atoms with E-state index < -0.39 is 5.97 Å². The molecule has 1 aliphatic rings. The van der Waals surface area contributed by atoms with Crippen molar-refractivity contribution in [2.24, 2.45) is 11.8 Å². The zero-order chi connectivity index (χ0) is 21.7. The lowest BCUT2D eigenvalue weighted by molar-refractivity contribution is -0.142. The maximum atomic E-state index is 11.2. The summed E-state index contributed by atoms with van der Waals surface area (Å²) < 4.78 is 11.4. The van der Waals surface area contributed by atoms with Gasteiger partial charge in [-0.1, -0.05) is 13.8 Å². The molecule has 0 saturated heterocycles. The molecule has 0 unspecified atom stereocenters. The van der Waals surface area contributed by atoms with E-state index in [4.69, 9.17) is 9.47 Å². The molecule has 7 nitrogen and oxygen atoms in total. The maximum Gasteiger partial charge on any atom is 0.306 e. The molecule has 162 valence electrons. The third-order valence-electron chi connectivity index (χ3n) is 6.21. The number of carbonyl (C=O) groups is 1. The number of pyridine rings is 1. The van der Waals surface area contributed by atoms with Gasteiger partial charge in [-0.3, -0.25) is 9.78 Å². The zero-order valence-electron chi connectivity index (χ0n) is 18.2. The van der Waals surface area contributed by atoms with Crippen molar-refractivity contribution in [3.63, 3.8) is 0 Å². The molecule has 2 aromatic rings. The second-order valence-electron chi connectivity index (χ2n) is 8.26. The van der Waals surface area contributed by atoms with Gasteiger partial charge < -0.3 is 14.6 Å². The number of hydrogen-bond donors (Lipinski definition) is 1. The predicted molar refractivity (Wildman–Crippen MR) is 113 cm³/mol. The summed E-state index contributed by atoms with van der Waals surface area (Å²) in [5, 5.41) is 9.25. The molecule has 0 radical (unpaired) electrons. The molecule has 1 saturated carbocycles. The summed E-state index contributed by atoms with van der Waals surface area (Å²) in [6, 6.07) is 3.91. The fourth-order valence-corrected chi connectivity index (χ4v) is 3.93. The normalized spacial score (nSPS) is 20.9. The number of methoxy groups -OCH3 is 1. The van der Waals surface area contributed by atoms with Crippen LogP contribution in [0.3, 0.4) is 0 Å². The van der Waals surface area contributed by atoms with E-state index in [1.165, 1.54) is 0 Å². The molecule has 2 heterocycles. The first-order valence-corrected chi connectivity index (χ1v) is 10.6. The number of aromatic nitrogens is 3. The molecule has 2 atom stereocenters. The highest BCUT2D eigenvalue weighted by Crippen LogP contribution is 2.39. The van der Waals surface area contributed by atoms with Gasteiger partial charge in [0.1, 0.15) is 11.6 Å². The Morgan fingerprint density at radius 1 is 1.17 bits per heavy atom. The molecule has 0 aliphatic heterocycles. The van der Waals surface area contributed by atoms with Crippen LogP contribution in [0.1, 0.15) is 68.4 Å². The number of ether oxygens (including phenoxy) is 2. The Balaban J connectivity index is 1.65. The van der Waals surface area contributed by atoms with Crippen molar-refractivity contribution in [2.75, 3.05) is 13.7 Å². The van der Waals surface area contributed by atoms with Crippen LogP contribution in [0.25, 0.3) is 0 Å². The van der Waals surface area contributed by atoms with E-state index in [-0.39, 0.29) is 23.7 Å². The molecule has 2 aromatic heterocycles. The number of aryl methyl sites for hydroxylation is 1. The Kier molecular flexibility index (Phi) is 7.24. The van der Waals surface area contributed by atoms with Crippen molar-refractivity contribution in [3.8, 4) is 11.6 Å². The lowest BCUT2D eigenvalue weighted by atomic mass is 9.79. The number of rotatable bonds is 8. The van der Waals surface area contributed by atoms with E-state index in [1.54, 1.807) is 13.3 Å². The minimum Gasteiger partial charge on any atom is -0.495 e. The van der Waals surface area contributed by atoms with Gasteiger partial charge in [-0.2, -0.15) is 4.98 Å². The second-order valence-corrected chi connectivity index (χ2v) is 8.26. The minimum absolute atomic E-state index is 0.216. The van der Waals surface area contributed by atoms with Crippen LogP contribution in [-0.4, -0.2) is 39.7 Å². The fourth-order valence-electron chi connectivity index (χ4n) is 3.93. The van der Waals surface area contributed by atoms with Gasteiger partial charge in [-0.05, 0) is 56.6 Å². The lowest BCUT2D eigenvalue weighted by Gasteiger charge is -2.27. The molecular formula is C23H31N3O4. The summed E-state index contributed by atoms with van der Waals surface area (Å²) in [5.41, 5.74) is 1.99. The van der Waals surface area contributed by atoms with Crippen molar-refractivity contribution in [1.82, 2.24) is 15.0 Å². The Bertz CT molecular complexity index is 848. The van der Waals surface area contributed by atoms with Crippen LogP contribution in [0.2, 0.25) is 0 Å². The van der Waals surface area contributed by atoms with Crippen LogP contribution in [0.5, 0.6) is 11.6 Å². The molecule has 30 heavy (non-hydrogen) atoms. The van der Waals surface area contributed by atoms with E-state index in [0.717, 1.165) is 29.8 Å². The second kappa shape index (κ2) is 9.87. The highest BCUT2D eigenvalue weighted by molar-refractivity contribution is 5.70. The van der Waals surface area contributed by atoms with Crippen LogP contribution in [0.4, 0.5) is 0 Å². The molecule has 0 spiro atoms. The van der Waals surface area contributed by atoms with E-state index in [9.17, 15) is 9.90 Å². The first-order valence-electron chi connectivity index (χ1n) is 10.6. The van der Waals surface area contributed by atoms with Gasteiger partial charge in [0.15, 0.2) is 0 Å². The van der Waals surface area contributed by atoms with Gasteiger partial charge >= 0.3 is 5.97 Å². The van der Waals surface area contributed by atoms with Crippen LogP contribution < -0.4 is 9.47 Å². The van der Waals surface area contributed by atoms with Gasteiger partial charge in [-0.15, -0.1) is 0 Å². The summed E-state index contributed by atoms with van der Waals surface area (Å²) in [5.74, 6) is 1.80. The predicted octanol–water partition coefficient (Wildman–Crippen LogP) is 4.37. The number of carboxylic acids is 1. The van der Waals surface area contributed by atoms with E-state index in [0.29, 0.717) is 31.2 Å². The molecule has 0 aromatic carbocycles. The topological polar surface area (TPSA) is 94.4 Å². The highest BCUT2D eigenvalue weighted by Gasteiger charge is 2.29. The Morgan fingerprint density at radius 2 is 1.90 bits per heavy atom. The third-order valence-corrected chi connectivity index (χ3v) is 6.21. The standard InChI is InChI=1S/C23H31N3O4/c1-14(15(2)21-10-9-19(29-4)11-25-21)13-30-22-20(12-24-16(3)26-22)17-5-7-18(8-6-17)23(27)28/h9-12,14-15,17-18H,5-8,13H2,1-4H3,(H,27,28)/t14-,15+,17?,18?/m1/s1. The lowest BCUT2D eigenvalue weighted by Crippen LogP contribution is -2.22. The van der Waals surface area contributed by atoms with Crippen molar-refractivity contribution in [2.45, 2.75) is 58.3 Å². The van der Waals surface area contributed by atoms with Crippen molar-refractivity contribution in [1.29, 1.82) is 0 Å². The molecule has 0 amide bonds. The summed E-state index contributed by atoms with van der Waals surface area (Å²) in [4.78, 5) is 24.7. The molecule has 0 bridgehead atoms. The number of carboxylic acid groups (broad SMARTS) is 1. The number of aliphatic carboxylic acids is 1. The van der Waals surface area contributed by atoms with Gasteiger partial charge in [0.05, 0.1) is 25.8 Å². The monoisotopic (exact) mass is 413 g/mol. The maximum absolute atomic E-state index is 11.2.